The number of carbonyl (C=O) groups excluding carboxylic acids is 1. The van der Waals surface area contributed by atoms with Crippen molar-refractivity contribution in [3.05, 3.63) is 0 Å². The van der Waals surface area contributed by atoms with Crippen molar-refractivity contribution in [2.24, 2.45) is 11.5 Å². The third kappa shape index (κ3) is 27.0. The van der Waals surface area contributed by atoms with Crippen LogP contribution < -0.4 is 46.3 Å². The zero-order valence-corrected chi connectivity index (χ0v) is 23.1. The van der Waals surface area contributed by atoms with Crippen molar-refractivity contribution in [1.29, 1.82) is 0 Å². The van der Waals surface area contributed by atoms with E-state index in [4.69, 9.17) is 26.8 Å². The molecule has 2 atom stereocenters. The second kappa shape index (κ2) is 26.4. The monoisotopic (exact) mass is 499 g/mol. The summed E-state index contributed by atoms with van der Waals surface area (Å²) in [4.78, 5) is 43.2. The molecule has 0 aliphatic heterocycles. The van der Waals surface area contributed by atoms with Crippen molar-refractivity contribution >= 4 is 23.8 Å². The summed E-state index contributed by atoms with van der Waals surface area (Å²) in [6.07, 6.45) is 12.5. The molecule has 0 aromatic rings. The number of carbonyl (C=O) groups is 4. The van der Waals surface area contributed by atoms with Gasteiger partial charge in [0.1, 0.15) is 12.1 Å². The molecule has 0 bridgehead atoms. The van der Waals surface area contributed by atoms with Crippen LogP contribution in [0.4, 0.5) is 0 Å². The summed E-state index contributed by atoms with van der Waals surface area (Å²) in [6.45, 7) is 2.80. The zero-order chi connectivity index (χ0) is 25.5. The van der Waals surface area contributed by atoms with Crippen LogP contribution in [0.2, 0.25) is 0 Å². The quantitative estimate of drug-likeness (QED) is 0.0986. The topological polar surface area (TPSA) is 193 Å². The molecule has 0 heterocycles. The molecule has 0 spiro atoms. The van der Waals surface area contributed by atoms with Crippen LogP contribution in [0.25, 0.3) is 0 Å². The number of aliphatic carboxylic acids is 3. The summed E-state index contributed by atoms with van der Waals surface area (Å²) in [5.41, 5.74) is 10.4. The van der Waals surface area contributed by atoms with Gasteiger partial charge in [-0.1, -0.05) is 64.7 Å². The van der Waals surface area contributed by atoms with Gasteiger partial charge in [0.05, 0.1) is 0 Å². The number of rotatable bonds is 20. The molecule has 0 unspecified atom stereocenters. The molecule has 0 aromatic carbocycles. The molecule has 0 aliphatic carbocycles. The van der Waals surface area contributed by atoms with Crippen LogP contribution >= 0.6 is 0 Å². The fourth-order valence-electron chi connectivity index (χ4n) is 3.02. The van der Waals surface area contributed by atoms with Gasteiger partial charge in [-0.15, -0.1) is 0 Å². The molecule has 0 aromatic heterocycles. The maximum absolute atomic E-state index is 11.7. The molecule has 1 amide bonds. The van der Waals surface area contributed by atoms with Gasteiger partial charge < -0.3 is 33.5 Å². The Hall–Kier alpha value is -1.20. The van der Waals surface area contributed by atoms with E-state index in [1.807, 2.05) is 0 Å². The summed E-state index contributed by atoms with van der Waals surface area (Å²) < 4.78 is 0. The van der Waals surface area contributed by atoms with Crippen molar-refractivity contribution < 1.29 is 65.5 Å². The maximum Gasteiger partial charge on any atom is 1.00 e. The van der Waals surface area contributed by atoms with Crippen molar-refractivity contribution in [1.82, 2.24) is 5.32 Å². The number of hydrogen-bond donors (Lipinski definition) is 6. The van der Waals surface area contributed by atoms with Crippen molar-refractivity contribution in [3.8, 4) is 0 Å². The van der Waals surface area contributed by atoms with Gasteiger partial charge in [0, 0.05) is 12.8 Å². The zero-order valence-electron chi connectivity index (χ0n) is 22.1. The summed E-state index contributed by atoms with van der Waals surface area (Å²) >= 11 is 0. The molecular weight excluding hydrogens is 453 g/mol. The number of carboxylic acid groups (broad SMARTS) is 3. The summed E-state index contributed by atoms with van der Waals surface area (Å²) in [5.74, 6) is -3.50. The van der Waals surface area contributed by atoms with Gasteiger partial charge in [0.15, 0.2) is 0 Å². The van der Waals surface area contributed by atoms with Gasteiger partial charge in [-0.25, -0.2) is 4.79 Å². The first-order valence-electron chi connectivity index (χ1n) is 12.1. The van der Waals surface area contributed by atoms with Crippen LogP contribution in [0.3, 0.4) is 0 Å². The molecule has 34 heavy (non-hydrogen) atoms. The predicted octanol–water partition coefficient (Wildman–Crippen LogP) is -0.0147. The molecule has 11 heteroatoms. The number of nitrogens with one attached hydrogen (secondary N) is 1. The Morgan fingerprint density at radius 3 is 1.74 bits per heavy atom. The van der Waals surface area contributed by atoms with Gasteiger partial charge in [0.2, 0.25) is 5.91 Å². The maximum atomic E-state index is 11.7. The van der Waals surface area contributed by atoms with Gasteiger partial charge >= 0.3 is 47.5 Å². The Labute approximate surface area is 227 Å². The Morgan fingerprint density at radius 2 is 1.29 bits per heavy atom. The first-order chi connectivity index (χ1) is 15.6. The molecule has 0 aliphatic rings. The number of unbranched alkanes of at least 4 members (excludes halogenated alkanes) is 9. The number of carboxylic acids is 3. The van der Waals surface area contributed by atoms with E-state index in [1.54, 1.807) is 0 Å². The van der Waals surface area contributed by atoms with E-state index in [-0.39, 0.29) is 49.7 Å². The minimum absolute atomic E-state index is 0. The molecule has 196 valence electrons. The minimum Gasteiger partial charge on any atom is -1.00 e. The fourth-order valence-corrected chi connectivity index (χ4v) is 3.02. The van der Waals surface area contributed by atoms with Crippen LogP contribution in [0.15, 0.2) is 0 Å². The van der Waals surface area contributed by atoms with Crippen molar-refractivity contribution in [2.75, 3.05) is 6.54 Å². The number of hydrogen-bond acceptors (Lipinski definition) is 6. The molecule has 0 rings (SSSR count). The second-order valence-electron chi connectivity index (χ2n) is 8.20. The average Bonchev–Trinajstić information content (AvgIpc) is 2.75. The van der Waals surface area contributed by atoms with Crippen LogP contribution in [-0.2, 0) is 19.2 Å². The molecule has 0 radical (unpaired) electrons. The minimum atomic E-state index is -1.19. The summed E-state index contributed by atoms with van der Waals surface area (Å²) in [5, 5.41) is 28.2. The normalized spacial score (nSPS) is 11.9. The molecular formula is C23H46N3NaO7. The van der Waals surface area contributed by atoms with E-state index >= 15 is 0 Å². The van der Waals surface area contributed by atoms with E-state index in [2.05, 4.69) is 12.2 Å². The van der Waals surface area contributed by atoms with Gasteiger partial charge in [-0.2, -0.15) is 0 Å². The van der Waals surface area contributed by atoms with Crippen LogP contribution in [-0.4, -0.2) is 57.8 Å². The molecule has 10 nitrogen and oxygen atoms in total. The van der Waals surface area contributed by atoms with Crippen molar-refractivity contribution in [2.45, 2.75) is 115 Å². The molecule has 0 saturated carbocycles. The van der Waals surface area contributed by atoms with Gasteiger partial charge in [0.25, 0.3) is 0 Å². The Morgan fingerprint density at radius 1 is 0.765 bits per heavy atom. The SMILES string of the molecule is CCCCCCCCCCCC(=O)N[C@@H](CCC(=O)O)C(=O)O.NCCCC[C@H](N)C(=O)O.[H-].[Na+]. The molecule has 8 N–H and O–H groups in total. The van der Waals surface area contributed by atoms with Gasteiger partial charge in [-0.05, 0) is 32.2 Å². The third-order valence-electron chi connectivity index (χ3n) is 5.07. The van der Waals surface area contributed by atoms with E-state index in [0.29, 0.717) is 19.4 Å². The Bertz CT molecular complexity index is 557. The van der Waals surface area contributed by atoms with E-state index < -0.39 is 30.0 Å². The van der Waals surface area contributed by atoms with E-state index in [9.17, 15) is 19.2 Å². The number of nitrogens with two attached hydrogens (primary N) is 2. The van der Waals surface area contributed by atoms with Crippen molar-refractivity contribution in [3.63, 3.8) is 0 Å². The van der Waals surface area contributed by atoms with E-state index in [0.717, 1.165) is 32.1 Å². The summed E-state index contributed by atoms with van der Waals surface area (Å²) in [7, 11) is 0. The summed E-state index contributed by atoms with van der Waals surface area (Å²) in [6, 6.07) is -1.83. The van der Waals surface area contributed by atoms with Crippen LogP contribution in [0.1, 0.15) is 105 Å². The standard InChI is InChI=1S/C17H31NO5.C6H14N2O2.Na.H/c1-2-3-4-5-6-7-8-9-10-11-15(19)18-14(17(22)23)12-13-16(20)21;7-4-2-1-3-5(8)6(9)10;;/h14H,2-13H2,1H3,(H,18,19)(H,20,21)(H,22,23);5H,1-4,7-8H2,(H,9,10);;/q;;+1;-1/t14-;5-;;/m00../s1. The first-order valence-corrected chi connectivity index (χ1v) is 12.1. The first kappa shape index (κ1) is 37.4. The van der Waals surface area contributed by atoms with Crippen LogP contribution in [0, 0.1) is 0 Å². The molecule has 0 saturated heterocycles. The smallest absolute Gasteiger partial charge is 1.00 e. The van der Waals surface area contributed by atoms with E-state index in [1.165, 1.54) is 38.5 Å². The molecule has 0 fully saturated rings. The Kier molecular flexibility index (Phi) is 29.0. The Balaban J connectivity index is -0.000000340. The number of amides is 1. The largest absolute Gasteiger partial charge is 1.00 e. The third-order valence-corrected chi connectivity index (χ3v) is 5.07. The van der Waals surface area contributed by atoms with Gasteiger partial charge in [-0.3, -0.25) is 14.4 Å². The second-order valence-corrected chi connectivity index (χ2v) is 8.20. The fraction of sp³-hybridized carbons (Fsp3) is 0.826. The predicted molar refractivity (Wildman–Crippen MR) is 128 cm³/mol. The van der Waals surface area contributed by atoms with Crippen LogP contribution in [0.5, 0.6) is 0 Å². The average molecular weight is 500 g/mol.